The standard InChI is InChI=1S/C14H11FN2O3/c15-10-5-3-9(4-6-10)8-17-13(18)12-11(14(19)20)2-1-7-16-12/h1-7H,8H2,(H,17,18)(H,19,20). The van der Waals surface area contributed by atoms with Crippen LogP contribution in [0.4, 0.5) is 4.39 Å². The topological polar surface area (TPSA) is 79.3 Å². The van der Waals surface area contributed by atoms with Crippen molar-refractivity contribution in [2.24, 2.45) is 0 Å². The highest BCUT2D eigenvalue weighted by atomic mass is 19.1. The molecule has 0 aliphatic rings. The van der Waals surface area contributed by atoms with E-state index in [2.05, 4.69) is 10.3 Å². The number of carboxylic acid groups (broad SMARTS) is 1. The van der Waals surface area contributed by atoms with Crippen molar-refractivity contribution < 1.29 is 19.1 Å². The zero-order valence-electron chi connectivity index (χ0n) is 10.3. The zero-order chi connectivity index (χ0) is 14.5. The number of pyridine rings is 1. The normalized spacial score (nSPS) is 10.1. The molecule has 0 aliphatic heterocycles. The Labute approximate surface area is 114 Å². The Balaban J connectivity index is 2.09. The van der Waals surface area contributed by atoms with Crippen molar-refractivity contribution >= 4 is 11.9 Å². The maximum Gasteiger partial charge on any atom is 0.338 e. The van der Waals surface area contributed by atoms with Crippen LogP contribution >= 0.6 is 0 Å². The van der Waals surface area contributed by atoms with Crippen LogP contribution in [-0.4, -0.2) is 22.0 Å². The van der Waals surface area contributed by atoms with Gasteiger partial charge in [-0.1, -0.05) is 12.1 Å². The second kappa shape index (κ2) is 5.92. The first-order valence-corrected chi connectivity index (χ1v) is 5.79. The lowest BCUT2D eigenvalue weighted by atomic mass is 10.1. The van der Waals surface area contributed by atoms with Crippen molar-refractivity contribution in [3.63, 3.8) is 0 Å². The van der Waals surface area contributed by atoms with Gasteiger partial charge in [0.25, 0.3) is 5.91 Å². The first-order valence-electron chi connectivity index (χ1n) is 5.79. The second-order valence-electron chi connectivity index (χ2n) is 4.01. The number of rotatable bonds is 4. The Bertz CT molecular complexity index is 641. The van der Waals surface area contributed by atoms with Crippen molar-refractivity contribution in [2.45, 2.75) is 6.54 Å². The average molecular weight is 274 g/mol. The summed E-state index contributed by atoms with van der Waals surface area (Å²) in [4.78, 5) is 26.6. The van der Waals surface area contributed by atoms with E-state index in [0.29, 0.717) is 5.56 Å². The SMILES string of the molecule is O=C(O)c1cccnc1C(=O)NCc1ccc(F)cc1. The third-order valence-corrected chi connectivity index (χ3v) is 2.62. The molecule has 1 aromatic carbocycles. The summed E-state index contributed by atoms with van der Waals surface area (Å²) in [7, 11) is 0. The Kier molecular flexibility index (Phi) is 4.05. The maximum absolute atomic E-state index is 12.7. The summed E-state index contributed by atoms with van der Waals surface area (Å²) in [6, 6.07) is 8.39. The van der Waals surface area contributed by atoms with Gasteiger partial charge in [0.2, 0.25) is 0 Å². The molecular formula is C14H11FN2O3. The summed E-state index contributed by atoms with van der Waals surface area (Å²) in [6.07, 6.45) is 1.35. The van der Waals surface area contributed by atoms with Gasteiger partial charge in [-0.25, -0.2) is 9.18 Å². The smallest absolute Gasteiger partial charge is 0.338 e. The molecule has 1 heterocycles. The number of halogens is 1. The van der Waals surface area contributed by atoms with Crippen LogP contribution in [0.2, 0.25) is 0 Å². The lowest BCUT2D eigenvalue weighted by Gasteiger charge is -2.06. The number of aromatic nitrogens is 1. The van der Waals surface area contributed by atoms with Crippen LogP contribution in [0.5, 0.6) is 0 Å². The van der Waals surface area contributed by atoms with Crippen LogP contribution in [0.15, 0.2) is 42.6 Å². The Morgan fingerprint density at radius 3 is 2.55 bits per heavy atom. The number of carbonyl (C=O) groups excluding carboxylic acids is 1. The van der Waals surface area contributed by atoms with Crippen LogP contribution in [0.1, 0.15) is 26.4 Å². The molecule has 1 amide bonds. The molecule has 20 heavy (non-hydrogen) atoms. The van der Waals surface area contributed by atoms with Crippen LogP contribution in [0.3, 0.4) is 0 Å². The van der Waals surface area contributed by atoms with E-state index in [0.717, 1.165) is 0 Å². The molecule has 2 aromatic rings. The van der Waals surface area contributed by atoms with Gasteiger partial charge in [-0.3, -0.25) is 9.78 Å². The number of nitrogens with zero attached hydrogens (tertiary/aromatic N) is 1. The molecule has 0 bridgehead atoms. The average Bonchev–Trinajstić information content (AvgIpc) is 2.46. The first kappa shape index (κ1) is 13.7. The van der Waals surface area contributed by atoms with Crippen LogP contribution in [0.25, 0.3) is 0 Å². The Morgan fingerprint density at radius 2 is 1.90 bits per heavy atom. The van der Waals surface area contributed by atoms with Gasteiger partial charge in [0.15, 0.2) is 0 Å². The van der Waals surface area contributed by atoms with Gasteiger partial charge >= 0.3 is 5.97 Å². The van der Waals surface area contributed by atoms with E-state index in [1.54, 1.807) is 0 Å². The molecule has 5 nitrogen and oxygen atoms in total. The molecule has 0 fully saturated rings. The molecule has 6 heteroatoms. The minimum atomic E-state index is -1.22. The number of aromatic carboxylic acids is 1. The highest BCUT2D eigenvalue weighted by Crippen LogP contribution is 2.06. The van der Waals surface area contributed by atoms with Gasteiger partial charge in [-0.15, -0.1) is 0 Å². The van der Waals surface area contributed by atoms with E-state index >= 15 is 0 Å². The molecule has 0 saturated heterocycles. The lowest BCUT2D eigenvalue weighted by Crippen LogP contribution is -2.26. The summed E-state index contributed by atoms with van der Waals surface area (Å²) in [6.45, 7) is 0.161. The highest BCUT2D eigenvalue weighted by Gasteiger charge is 2.17. The predicted octanol–water partition coefficient (Wildman–Crippen LogP) is 1.85. The summed E-state index contributed by atoms with van der Waals surface area (Å²) in [5, 5.41) is 11.5. The van der Waals surface area contributed by atoms with Crippen LogP contribution < -0.4 is 5.32 Å². The summed E-state index contributed by atoms with van der Waals surface area (Å²) in [5.74, 6) is -2.17. The van der Waals surface area contributed by atoms with Gasteiger partial charge in [0.1, 0.15) is 11.5 Å². The predicted molar refractivity (Wildman–Crippen MR) is 68.8 cm³/mol. The molecule has 0 aliphatic carbocycles. The van der Waals surface area contributed by atoms with E-state index in [4.69, 9.17) is 5.11 Å². The van der Waals surface area contributed by atoms with E-state index in [1.165, 1.54) is 42.6 Å². The Hall–Kier alpha value is -2.76. The van der Waals surface area contributed by atoms with E-state index in [1.807, 2.05) is 0 Å². The van der Waals surface area contributed by atoms with Crippen molar-refractivity contribution in [1.29, 1.82) is 0 Å². The van der Waals surface area contributed by atoms with Gasteiger partial charge in [0, 0.05) is 12.7 Å². The molecule has 2 N–H and O–H groups in total. The largest absolute Gasteiger partial charge is 0.478 e. The number of hydrogen-bond acceptors (Lipinski definition) is 3. The number of carbonyl (C=O) groups is 2. The van der Waals surface area contributed by atoms with Gasteiger partial charge in [0.05, 0.1) is 5.56 Å². The fourth-order valence-corrected chi connectivity index (χ4v) is 1.63. The maximum atomic E-state index is 12.7. The van der Waals surface area contributed by atoms with E-state index in [-0.39, 0.29) is 23.6 Å². The highest BCUT2D eigenvalue weighted by molar-refractivity contribution is 6.03. The van der Waals surface area contributed by atoms with Gasteiger partial charge in [-0.05, 0) is 29.8 Å². The second-order valence-corrected chi connectivity index (χ2v) is 4.01. The fourth-order valence-electron chi connectivity index (χ4n) is 1.63. The number of amides is 1. The molecule has 0 radical (unpaired) electrons. The Morgan fingerprint density at radius 1 is 1.20 bits per heavy atom. The van der Waals surface area contributed by atoms with Crippen LogP contribution in [0, 0.1) is 5.82 Å². The van der Waals surface area contributed by atoms with Gasteiger partial charge < -0.3 is 10.4 Å². The van der Waals surface area contributed by atoms with Crippen molar-refractivity contribution in [2.75, 3.05) is 0 Å². The van der Waals surface area contributed by atoms with E-state index < -0.39 is 11.9 Å². The number of carboxylic acids is 1. The minimum Gasteiger partial charge on any atom is -0.478 e. The summed E-state index contributed by atoms with van der Waals surface area (Å²) >= 11 is 0. The van der Waals surface area contributed by atoms with Gasteiger partial charge in [-0.2, -0.15) is 0 Å². The quantitative estimate of drug-likeness (QED) is 0.891. The number of benzene rings is 1. The minimum absolute atomic E-state index is 0.151. The molecular weight excluding hydrogens is 263 g/mol. The lowest BCUT2D eigenvalue weighted by molar-refractivity contribution is 0.0690. The van der Waals surface area contributed by atoms with Crippen LogP contribution in [-0.2, 0) is 6.54 Å². The molecule has 0 unspecified atom stereocenters. The monoisotopic (exact) mass is 274 g/mol. The first-order chi connectivity index (χ1) is 9.58. The number of nitrogens with one attached hydrogen (secondary N) is 1. The van der Waals surface area contributed by atoms with Crippen molar-refractivity contribution in [1.82, 2.24) is 10.3 Å². The van der Waals surface area contributed by atoms with Crippen molar-refractivity contribution in [3.8, 4) is 0 Å². The third-order valence-electron chi connectivity index (χ3n) is 2.62. The number of hydrogen-bond donors (Lipinski definition) is 2. The zero-order valence-corrected chi connectivity index (χ0v) is 10.3. The van der Waals surface area contributed by atoms with E-state index in [9.17, 15) is 14.0 Å². The van der Waals surface area contributed by atoms with Crippen molar-refractivity contribution in [3.05, 3.63) is 65.2 Å². The molecule has 0 atom stereocenters. The summed E-state index contributed by atoms with van der Waals surface area (Å²) < 4.78 is 12.7. The molecule has 0 spiro atoms. The summed E-state index contributed by atoms with van der Waals surface area (Å²) in [5.41, 5.74) is 0.388. The molecule has 1 aromatic heterocycles. The molecule has 0 saturated carbocycles. The molecule has 2 rings (SSSR count). The third kappa shape index (κ3) is 3.17. The molecule has 102 valence electrons. The fraction of sp³-hybridized carbons (Fsp3) is 0.0714.